The summed E-state index contributed by atoms with van der Waals surface area (Å²) in [5.41, 5.74) is 8.47. The molecule has 0 saturated carbocycles. The third-order valence-corrected chi connectivity index (χ3v) is 4.55. The number of rotatable bonds is 3. The van der Waals surface area contributed by atoms with Gasteiger partial charge < -0.3 is 5.73 Å². The highest BCUT2D eigenvalue weighted by Gasteiger charge is 2.06. The summed E-state index contributed by atoms with van der Waals surface area (Å²) < 4.78 is 0. The van der Waals surface area contributed by atoms with Crippen LogP contribution >= 0.6 is 23.1 Å². The van der Waals surface area contributed by atoms with Gasteiger partial charge in [-0.3, -0.25) is 0 Å². The molecule has 3 aromatic rings. The number of nitrogens with zero attached hydrogens (tertiary/aromatic N) is 2. The molecule has 0 aliphatic rings. The molecule has 0 spiro atoms. The van der Waals surface area contributed by atoms with E-state index >= 15 is 0 Å². The lowest BCUT2D eigenvalue weighted by molar-refractivity contribution is 1.02. The van der Waals surface area contributed by atoms with Crippen molar-refractivity contribution in [2.24, 2.45) is 0 Å². The van der Waals surface area contributed by atoms with Gasteiger partial charge in [0.25, 0.3) is 0 Å². The predicted molar refractivity (Wildman–Crippen MR) is 82.6 cm³/mol. The van der Waals surface area contributed by atoms with Crippen molar-refractivity contribution in [1.82, 2.24) is 9.97 Å². The summed E-state index contributed by atoms with van der Waals surface area (Å²) in [5.74, 6) is 1.43. The van der Waals surface area contributed by atoms with Crippen LogP contribution in [0.2, 0.25) is 0 Å². The summed E-state index contributed by atoms with van der Waals surface area (Å²) in [6.45, 7) is 2.09. The summed E-state index contributed by atoms with van der Waals surface area (Å²) in [7, 11) is 0. The smallest absolute Gasteiger partial charge is 0.191 e. The number of thiophene rings is 1. The van der Waals surface area contributed by atoms with Crippen molar-refractivity contribution in [3.8, 4) is 0 Å². The van der Waals surface area contributed by atoms with Gasteiger partial charge in [-0.05, 0) is 23.9 Å². The maximum absolute atomic E-state index is 5.93. The predicted octanol–water partition coefficient (Wildman–Crippen LogP) is 3.87. The van der Waals surface area contributed by atoms with E-state index in [1.54, 1.807) is 23.1 Å². The monoisotopic (exact) mass is 287 g/mol. The first-order valence-corrected chi connectivity index (χ1v) is 7.78. The number of aryl methyl sites for hydroxylation is 1. The van der Waals surface area contributed by atoms with Gasteiger partial charge in [-0.2, -0.15) is 0 Å². The molecule has 2 N–H and O–H groups in total. The third kappa shape index (κ3) is 2.72. The fourth-order valence-electron chi connectivity index (χ4n) is 1.75. The van der Waals surface area contributed by atoms with Gasteiger partial charge in [0, 0.05) is 5.75 Å². The van der Waals surface area contributed by atoms with Gasteiger partial charge in [-0.25, -0.2) is 9.97 Å². The average molecular weight is 287 g/mol. The van der Waals surface area contributed by atoms with Gasteiger partial charge in [-0.1, -0.05) is 41.6 Å². The number of anilines is 1. The summed E-state index contributed by atoms with van der Waals surface area (Å²) in [6, 6.07) is 10.5. The highest BCUT2D eigenvalue weighted by Crippen LogP contribution is 2.27. The molecule has 0 bridgehead atoms. The van der Waals surface area contributed by atoms with Crippen molar-refractivity contribution in [1.29, 1.82) is 0 Å². The molecule has 0 aliphatic heterocycles. The molecule has 2 heterocycles. The molecule has 0 radical (unpaired) electrons. The van der Waals surface area contributed by atoms with Crippen LogP contribution in [0.4, 0.5) is 5.82 Å². The molecule has 5 heteroatoms. The second kappa shape index (κ2) is 5.19. The summed E-state index contributed by atoms with van der Waals surface area (Å²) >= 11 is 3.21. The van der Waals surface area contributed by atoms with E-state index in [1.807, 2.05) is 11.4 Å². The number of aromatic nitrogens is 2. The van der Waals surface area contributed by atoms with E-state index in [4.69, 9.17) is 5.73 Å². The normalized spacial score (nSPS) is 11.0. The van der Waals surface area contributed by atoms with Crippen LogP contribution in [-0.2, 0) is 5.75 Å². The highest BCUT2D eigenvalue weighted by atomic mass is 32.2. The van der Waals surface area contributed by atoms with Crippen molar-refractivity contribution < 1.29 is 0 Å². The Bertz CT molecular complexity index is 704. The van der Waals surface area contributed by atoms with Crippen LogP contribution in [0.3, 0.4) is 0 Å². The van der Waals surface area contributed by atoms with Gasteiger partial charge >= 0.3 is 0 Å². The van der Waals surface area contributed by atoms with Crippen LogP contribution in [0.5, 0.6) is 0 Å². The molecule has 3 nitrogen and oxygen atoms in total. The van der Waals surface area contributed by atoms with Crippen molar-refractivity contribution in [2.75, 3.05) is 5.73 Å². The molecule has 0 atom stereocenters. The molecule has 0 fully saturated rings. The van der Waals surface area contributed by atoms with Crippen LogP contribution in [0.15, 0.2) is 40.9 Å². The molecule has 0 aliphatic carbocycles. The second-order valence-corrected chi connectivity index (χ2v) is 6.14. The number of hydrogen-bond acceptors (Lipinski definition) is 5. The van der Waals surface area contributed by atoms with E-state index in [9.17, 15) is 0 Å². The van der Waals surface area contributed by atoms with E-state index in [1.165, 1.54) is 11.1 Å². The van der Waals surface area contributed by atoms with E-state index in [2.05, 4.69) is 41.2 Å². The molecule has 0 amide bonds. The third-order valence-electron chi connectivity index (χ3n) is 2.82. The molecule has 3 rings (SSSR count). The number of thioether (sulfide) groups is 1. The second-order valence-electron chi connectivity index (χ2n) is 4.31. The maximum atomic E-state index is 5.93. The topological polar surface area (TPSA) is 51.8 Å². The average Bonchev–Trinajstić information content (AvgIpc) is 2.87. The van der Waals surface area contributed by atoms with Gasteiger partial charge in [0.15, 0.2) is 5.16 Å². The van der Waals surface area contributed by atoms with Crippen LogP contribution < -0.4 is 5.73 Å². The van der Waals surface area contributed by atoms with Crippen LogP contribution in [-0.4, -0.2) is 9.97 Å². The minimum atomic E-state index is 0.567. The minimum absolute atomic E-state index is 0.567. The molecule has 0 saturated heterocycles. The van der Waals surface area contributed by atoms with Gasteiger partial charge in [0.2, 0.25) is 0 Å². The SMILES string of the molecule is Cc1ccc(CSc2nc(N)c3ccsc3n2)cc1. The molecule has 1 aromatic carbocycles. The maximum Gasteiger partial charge on any atom is 0.191 e. The molecule has 19 heavy (non-hydrogen) atoms. The number of hydrogen-bond donors (Lipinski definition) is 1. The largest absolute Gasteiger partial charge is 0.383 e. The number of fused-ring (bicyclic) bond motifs is 1. The van der Waals surface area contributed by atoms with Gasteiger partial charge in [0.05, 0.1) is 5.39 Å². The Morgan fingerprint density at radius 1 is 1.16 bits per heavy atom. The lowest BCUT2D eigenvalue weighted by atomic mass is 10.2. The Kier molecular flexibility index (Phi) is 3.40. The first-order valence-electron chi connectivity index (χ1n) is 5.91. The molecule has 0 unspecified atom stereocenters. The Labute approximate surface area is 119 Å². The van der Waals surface area contributed by atoms with Gasteiger partial charge in [0.1, 0.15) is 10.6 Å². The standard InChI is InChI=1S/C14H13N3S2/c1-9-2-4-10(5-3-9)8-19-14-16-12(15)11-6-7-18-13(11)17-14/h2-7H,8H2,1H3,(H2,15,16,17). The van der Waals surface area contributed by atoms with Crippen LogP contribution in [0, 0.1) is 6.92 Å². The Morgan fingerprint density at radius 3 is 2.74 bits per heavy atom. The fourth-order valence-corrected chi connectivity index (χ4v) is 3.39. The fraction of sp³-hybridized carbons (Fsp3) is 0.143. The van der Waals surface area contributed by atoms with E-state index in [0.29, 0.717) is 5.82 Å². The van der Waals surface area contributed by atoms with Crippen molar-refractivity contribution in [3.63, 3.8) is 0 Å². The van der Waals surface area contributed by atoms with Crippen molar-refractivity contribution >= 4 is 39.1 Å². The Balaban J connectivity index is 1.79. The summed E-state index contributed by atoms with van der Waals surface area (Å²) in [6.07, 6.45) is 0. The summed E-state index contributed by atoms with van der Waals surface area (Å²) in [5, 5.41) is 3.68. The van der Waals surface area contributed by atoms with Crippen LogP contribution in [0.1, 0.15) is 11.1 Å². The zero-order valence-electron chi connectivity index (χ0n) is 10.5. The van der Waals surface area contributed by atoms with E-state index < -0.39 is 0 Å². The first-order chi connectivity index (χ1) is 9.22. The first kappa shape index (κ1) is 12.4. The molecule has 2 aromatic heterocycles. The minimum Gasteiger partial charge on any atom is -0.383 e. The lowest BCUT2D eigenvalue weighted by Crippen LogP contribution is -1.95. The van der Waals surface area contributed by atoms with Crippen LogP contribution in [0.25, 0.3) is 10.2 Å². The zero-order valence-corrected chi connectivity index (χ0v) is 12.1. The molecular formula is C14H13N3S2. The van der Waals surface area contributed by atoms with E-state index in [-0.39, 0.29) is 0 Å². The Morgan fingerprint density at radius 2 is 1.95 bits per heavy atom. The number of nitrogens with two attached hydrogens (primary N) is 1. The number of benzene rings is 1. The zero-order chi connectivity index (χ0) is 13.2. The van der Waals surface area contributed by atoms with E-state index in [0.717, 1.165) is 21.1 Å². The molecular weight excluding hydrogens is 274 g/mol. The van der Waals surface area contributed by atoms with Crippen molar-refractivity contribution in [2.45, 2.75) is 17.8 Å². The lowest BCUT2D eigenvalue weighted by Gasteiger charge is -2.03. The quantitative estimate of drug-likeness (QED) is 0.587. The highest BCUT2D eigenvalue weighted by molar-refractivity contribution is 7.98. The summed E-state index contributed by atoms with van der Waals surface area (Å²) in [4.78, 5) is 9.82. The van der Waals surface area contributed by atoms with Crippen molar-refractivity contribution in [3.05, 3.63) is 46.8 Å². The van der Waals surface area contributed by atoms with Gasteiger partial charge in [-0.15, -0.1) is 11.3 Å². The Hall–Kier alpha value is -1.59. The number of nitrogen functional groups attached to an aromatic ring is 1. The molecule has 96 valence electrons.